The number of anilines is 3. The number of hydrogen-bond donors (Lipinski definition) is 0. The number of rotatable bonds is 8. The molecule has 0 aliphatic carbocycles. The van der Waals surface area contributed by atoms with Crippen LogP contribution in [0.2, 0.25) is 0 Å². The minimum absolute atomic E-state index is 0.0252. The van der Waals surface area contributed by atoms with E-state index in [0.717, 1.165) is 22.6 Å². The molecule has 0 aliphatic rings. The van der Waals surface area contributed by atoms with E-state index in [-0.39, 0.29) is 5.78 Å². The summed E-state index contributed by atoms with van der Waals surface area (Å²) in [5.74, 6) is 1.29. The minimum Gasteiger partial charge on any atom is -0.457 e. The van der Waals surface area contributed by atoms with E-state index in [1.165, 1.54) is 16.7 Å². The molecule has 6 rings (SSSR count). The van der Waals surface area contributed by atoms with Crippen LogP contribution in [0, 0.1) is 13.8 Å². The van der Waals surface area contributed by atoms with Crippen molar-refractivity contribution in [3.05, 3.63) is 174 Å². The topological polar surface area (TPSA) is 29.5 Å². The number of aryl methyl sites for hydroxylation is 2. The highest BCUT2D eigenvalue weighted by Gasteiger charge is 2.14. The van der Waals surface area contributed by atoms with Gasteiger partial charge in [0.2, 0.25) is 0 Å². The first kappa shape index (κ1) is 26.8. The third-order valence-corrected chi connectivity index (χ3v) is 7.27. The summed E-state index contributed by atoms with van der Waals surface area (Å²) < 4.78 is 6.18. The normalized spacial score (nSPS) is 10.7. The molecule has 0 spiro atoms. The average Bonchev–Trinajstić information content (AvgIpc) is 3.04. The van der Waals surface area contributed by atoms with Crippen LogP contribution in [0.15, 0.2) is 152 Å². The van der Waals surface area contributed by atoms with Crippen LogP contribution in [-0.4, -0.2) is 5.78 Å². The second-order valence-corrected chi connectivity index (χ2v) is 10.4. The minimum atomic E-state index is -0.0252. The Morgan fingerprint density at radius 2 is 1.00 bits per heavy atom. The van der Waals surface area contributed by atoms with E-state index in [1.807, 2.05) is 67.6 Å². The van der Waals surface area contributed by atoms with Crippen LogP contribution >= 0.6 is 0 Å². The van der Waals surface area contributed by atoms with Crippen LogP contribution in [0.4, 0.5) is 17.1 Å². The fourth-order valence-corrected chi connectivity index (χ4v) is 4.95. The number of hydrogen-bond acceptors (Lipinski definition) is 3. The summed E-state index contributed by atoms with van der Waals surface area (Å²) in [6.07, 6.45) is 0. The molecule has 0 aliphatic heterocycles. The average molecular weight is 546 g/mol. The Morgan fingerprint density at radius 1 is 0.476 bits per heavy atom. The second-order valence-electron chi connectivity index (χ2n) is 10.4. The molecule has 0 N–H and O–H groups in total. The van der Waals surface area contributed by atoms with E-state index < -0.39 is 0 Å². The Morgan fingerprint density at radius 3 is 1.62 bits per heavy atom. The van der Waals surface area contributed by atoms with E-state index >= 15 is 0 Å². The number of carbonyl (C=O) groups excluding carboxylic acids is 1. The van der Waals surface area contributed by atoms with Crippen LogP contribution in [-0.2, 0) is 0 Å². The van der Waals surface area contributed by atoms with Gasteiger partial charge in [-0.05, 0) is 85.6 Å². The lowest BCUT2D eigenvalue weighted by Gasteiger charge is -2.26. The molecule has 3 heteroatoms. The zero-order valence-corrected chi connectivity index (χ0v) is 23.7. The molecule has 0 heterocycles. The molecule has 204 valence electrons. The summed E-state index contributed by atoms with van der Waals surface area (Å²) in [6.45, 7) is 4.11. The molecular formula is C39H31NO2. The Kier molecular flexibility index (Phi) is 7.65. The summed E-state index contributed by atoms with van der Waals surface area (Å²) in [5.41, 5.74) is 9.11. The van der Waals surface area contributed by atoms with E-state index in [1.54, 1.807) is 6.07 Å². The van der Waals surface area contributed by atoms with Crippen LogP contribution in [0.25, 0.3) is 11.1 Å². The van der Waals surface area contributed by atoms with Gasteiger partial charge >= 0.3 is 0 Å². The number of ketones is 1. The fourth-order valence-electron chi connectivity index (χ4n) is 4.95. The summed E-state index contributed by atoms with van der Waals surface area (Å²) in [6, 6.07) is 50.6. The van der Waals surface area contributed by atoms with Crippen LogP contribution in [0.1, 0.15) is 27.0 Å². The van der Waals surface area contributed by atoms with E-state index in [2.05, 4.69) is 96.8 Å². The van der Waals surface area contributed by atoms with Crippen LogP contribution in [0.5, 0.6) is 11.5 Å². The molecule has 0 fully saturated rings. The predicted molar refractivity (Wildman–Crippen MR) is 172 cm³/mol. The molecule has 0 saturated carbocycles. The van der Waals surface area contributed by atoms with Gasteiger partial charge in [0.1, 0.15) is 11.5 Å². The van der Waals surface area contributed by atoms with E-state index in [0.29, 0.717) is 22.6 Å². The molecule has 0 aromatic heterocycles. The summed E-state index contributed by atoms with van der Waals surface area (Å²) in [4.78, 5) is 15.2. The Labute approximate surface area is 247 Å². The zero-order valence-electron chi connectivity index (χ0n) is 23.7. The molecule has 6 aromatic carbocycles. The van der Waals surface area contributed by atoms with Crippen molar-refractivity contribution in [2.75, 3.05) is 4.90 Å². The predicted octanol–water partition coefficient (Wildman–Crippen LogP) is 10.5. The molecule has 0 radical (unpaired) electrons. The molecule has 0 amide bonds. The van der Waals surface area contributed by atoms with Crippen molar-refractivity contribution in [3.8, 4) is 22.6 Å². The SMILES string of the molecule is Cc1ccc(C(=O)c2cccc(Oc3ccc(N(c4ccc(C)cc4)c4ccc(-c5ccccc5)cc4)cc3)c2)cc1. The monoisotopic (exact) mass is 545 g/mol. The smallest absolute Gasteiger partial charge is 0.193 e. The summed E-state index contributed by atoms with van der Waals surface area (Å²) in [5, 5.41) is 0. The lowest BCUT2D eigenvalue weighted by atomic mass is 10.0. The fraction of sp³-hybridized carbons (Fsp3) is 0.0513. The molecule has 6 aromatic rings. The highest BCUT2D eigenvalue weighted by Crippen LogP contribution is 2.37. The number of carbonyl (C=O) groups is 1. The van der Waals surface area contributed by atoms with Crippen molar-refractivity contribution < 1.29 is 9.53 Å². The number of benzene rings is 6. The highest BCUT2D eigenvalue weighted by molar-refractivity contribution is 6.09. The van der Waals surface area contributed by atoms with E-state index in [4.69, 9.17) is 4.74 Å². The van der Waals surface area contributed by atoms with Gasteiger partial charge in [-0.2, -0.15) is 0 Å². The largest absolute Gasteiger partial charge is 0.457 e. The van der Waals surface area contributed by atoms with Crippen molar-refractivity contribution in [2.24, 2.45) is 0 Å². The first-order valence-electron chi connectivity index (χ1n) is 14.1. The molecule has 42 heavy (non-hydrogen) atoms. The van der Waals surface area contributed by atoms with Gasteiger partial charge in [-0.25, -0.2) is 0 Å². The lowest BCUT2D eigenvalue weighted by molar-refractivity contribution is 0.103. The molecule has 0 unspecified atom stereocenters. The van der Waals surface area contributed by atoms with Gasteiger partial charge in [0, 0.05) is 28.2 Å². The van der Waals surface area contributed by atoms with Crippen LogP contribution < -0.4 is 9.64 Å². The van der Waals surface area contributed by atoms with Gasteiger partial charge in [-0.1, -0.05) is 102 Å². The van der Waals surface area contributed by atoms with Crippen LogP contribution in [0.3, 0.4) is 0 Å². The standard InChI is InChI=1S/C39H31NO2/c1-28-11-15-32(16-12-28)39(41)33-9-6-10-38(27-33)42-37-25-23-36(24-26-37)40(34-19-13-29(2)14-20-34)35-21-17-31(18-22-35)30-7-4-3-5-8-30/h3-27H,1-2H3. The van der Waals surface area contributed by atoms with Gasteiger partial charge in [-0.3, -0.25) is 4.79 Å². The zero-order chi connectivity index (χ0) is 28.9. The van der Waals surface area contributed by atoms with Crippen molar-refractivity contribution in [1.29, 1.82) is 0 Å². The third kappa shape index (κ3) is 6.01. The van der Waals surface area contributed by atoms with Gasteiger partial charge < -0.3 is 9.64 Å². The first-order valence-corrected chi connectivity index (χ1v) is 14.1. The Balaban J connectivity index is 1.25. The van der Waals surface area contributed by atoms with Crippen molar-refractivity contribution in [3.63, 3.8) is 0 Å². The van der Waals surface area contributed by atoms with Gasteiger partial charge in [-0.15, -0.1) is 0 Å². The van der Waals surface area contributed by atoms with Crippen molar-refractivity contribution >= 4 is 22.8 Å². The maximum Gasteiger partial charge on any atom is 0.193 e. The molecule has 0 atom stereocenters. The maximum atomic E-state index is 13.0. The number of nitrogens with zero attached hydrogens (tertiary/aromatic N) is 1. The van der Waals surface area contributed by atoms with Crippen molar-refractivity contribution in [1.82, 2.24) is 0 Å². The quantitative estimate of drug-likeness (QED) is 0.178. The molecular weight excluding hydrogens is 514 g/mol. The number of ether oxygens (including phenoxy) is 1. The highest BCUT2D eigenvalue weighted by atomic mass is 16.5. The molecule has 3 nitrogen and oxygen atoms in total. The van der Waals surface area contributed by atoms with Crippen molar-refractivity contribution in [2.45, 2.75) is 13.8 Å². The van der Waals surface area contributed by atoms with E-state index in [9.17, 15) is 4.79 Å². The Bertz CT molecular complexity index is 1790. The lowest BCUT2D eigenvalue weighted by Crippen LogP contribution is -2.09. The molecule has 0 saturated heterocycles. The summed E-state index contributed by atoms with van der Waals surface area (Å²) in [7, 11) is 0. The van der Waals surface area contributed by atoms with Gasteiger partial charge in [0.05, 0.1) is 0 Å². The first-order chi connectivity index (χ1) is 20.5. The van der Waals surface area contributed by atoms with Gasteiger partial charge in [0.25, 0.3) is 0 Å². The Hall–Kier alpha value is -5.41. The summed E-state index contributed by atoms with van der Waals surface area (Å²) >= 11 is 0. The second kappa shape index (κ2) is 12.0. The third-order valence-electron chi connectivity index (χ3n) is 7.27. The molecule has 0 bridgehead atoms. The van der Waals surface area contributed by atoms with Gasteiger partial charge in [0.15, 0.2) is 5.78 Å². The maximum absolute atomic E-state index is 13.0.